The van der Waals surface area contributed by atoms with Gasteiger partial charge >= 0.3 is 0 Å². The molecule has 2 aliphatic carbocycles. The number of rotatable bonds is 1. The molecule has 114 valence electrons. The van der Waals surface area contributed by atoms with E-state index in [1.54, 1.807) is 6.07 Å². The van der Waals surface area contributed by atoms with Gasteiger partial charge in [-0.25, -0.2) is 0 Å². The van der Waals surface area contributed by atoms with Crippen molar-refractivity contribution in [2.24, 2.45) is 17.1 Å². The molecule has 0 amide bonds. The van der Waals surface area contributed by atoms with Crippen LogP contribution in [0.4, 0.5) is 0 Å². The van der Waals surface area contributed by atoms with Crippen LogP contribution in [0.1, 0.15) is 36.7 Å². The average molecular weight is 304 g/mol. The third-order valence-electron chi connectivity index (χ3n) is 4.87. The number of nitrogens with zero attached hydrogens (tertiary/aromatic N) is 3. The first kappa shape index (κ1) is 14.9. The maximum absolute atomic E-state index is 9.80. The zero-order chi connectivity index (χ0) is 16.6. The maximum Gasteiger partial charge on any atom is 0.194 e. The van der Waals surface area contributed by atoms with Crippen molar-refractivity contribution >= 4 is 0 Å². The van der Waals surface area contributed by atoms with Crippen molar-refractivity contribution in [3.8, 4) is 18.2 Å². The summed E-state index contributed by atoms with van der Waals surface area (Å²) >= 11 is 0. The van der Waals surface area contributed by atoms with E-state index in [1.807, 2.05) is 19.1 Å². The molecule has 1 aromatic heterocycles. The summed E-state index contributed by atoms with van der Waals surface area (Å²) in [5.41, 5.74) is 5.78. The van der Waals surface area contributed by atoms with Crippen molar-refractivity contribution < 1.29 is 4.42 Å². The van der Waals surface area contributed by atoms with Crippen molar-refractivity contribution in [1.29, 1.82) is 15.8 Å². The molecule has 0 aliphatic heterocycles. The standard InChI is InChI=1S/C18H16N4O/c1-11-6-7-15(23-11)16-13-5-3-2-4-12(13)14(8-19)17(22)18(16,9-20)10-21/h4,6-7,13,16H,2-3,5,22H2,1H3. The molecule has 0 saturated heterocycles. The van der Waals surface area contributed by atoms with Crippen molar-refractivity contribution in [2.45, 2.75) is 32.1 Å². The van der Waals surface area contributed by atoms with Crippen molar-refractivity contribution in [3.63, 3.8) is 0 Å². The molecular formula is C18H16N4O. The molecule has 0 aromatic carbocycles. The number of allylic oxidation sites excluding steroid dienone is 4. The van der Waals surface area contributed by atoms with Crippen molar-refractivity contribution in [3.05, 3.63) is 46.6 Å². The van der Waals surface area contributed by atoms with Crippen LogP contribution in [0.2, 0.25) is 0 Å². The maximum atomic E-state index is 9.80. The zero-order valence-electron chi connectivity index (χ0n) is 12.8. The minimum atomic E-state index is -1.57. The summed E-state index contributed by atoms with van der Waals surface area (Å²) in [6, 6.07) is 9.91. The van der Waals surface area contributed by atoms with Crippen LogP contribution in [0.15, 0.2) is 39.5 Å². The van der Waals surface area contributed by atoms with Gasteiger partial charge in [0.05, 0.1) is 29.3 Å². The Balaban J connectivity index is 2.33. The fourth-order valence-corrected chi connectivity index (χ4v) is 3.80. The smallest absolute Gasteiger partial charge is 0.194 e. The van der Waals surface area contributed by atoms with Gasteiger partial charge in [0, 0.05) is 0 Å². The minimum Gasteiger partial charge on any atom is -0.466 e. The molecular weight excluding hydrogens is 288 g/mol. The van der Waals surface area contributed by atoms with E-state index in [1.165, 1.54) is 0 Å². The summed E-state index contributed by atoms with van der Waals surface area (Å²) < 4.78 is 5.76. The van der Waals surface area contributed by atoms with E-state index in [-0.39, 0.29) is 17.2 Å². The topological polar surface area (TPSA) is 111 Å². The molecule has 5 nitrogen and oxygen atoms in total. The lowest BCUT2D eigenvalue weighted by molar-refractivity contribution is 0.272. The number of aryl methyl sites for hydroxylation is 1. The quantitative estimate of drug-likeness (QED) is 0.856. The van der Waals surface area contributed by atoms with E-state index in [9.17, 15) is 15.8 Å². The van der Waals surface area contributed by atoms with Crippen LogP contribution < -0.4 is 5.73 Å². The molecule has 5 heteroatoms. The summed E-state index contributed by atoms with van der Waals surface area (Å²) in [4.78, 5) is 0. The van der Waals surface area contributed by atoms with Gasteiger partial charge in [-0.15, -0.1) is 0 Å². The van der Waals surface area contributed by atoms with Crippen LogP contribution in [-0.4, -0.2) is 0 Å². The van der Waals surface area contributed by atoms with E-state index in [2.05, 4.69) is 18.2 Å². The highest BCUT2D eigenvalue weighted by Crippen LogP contribution is 2.55. The predicted molar refractivity (Wildman–Crippen MR) is 82.1 cm³/mol. The Morgan fingerprint density at radius 3 is 2.57 bits per heavy atom. The highest BCUT2D eigenvalue weighted by atomic mass is 16.3. The number of hydrogen-bond donors (Lipinski definition) is 1. The van der Waals surface area contributed by atoms with E-state index in [0.717, 1.165) is 30.6 Å². The van der Waals surface area contributed by atoms with E-state index in [0.29, 0.717) is 5.76 Å². The van der Waals surface area contributed by atoms with Gasteiger partial charge in [0.2, 0.25) is 0 Å². The van der Waals surface area contributed by atoms with Crippen LogP contribution in [-0.2, 0) is 0 Å². The lowest BCUT2D eigenvalue weighted by Crippen LogP contribution is -2.42. The Morgan fingerprint density at radius 1 is 1.26 bits per heavy atom. The Labute approximate surface area is 134 Å². The Kier molecular flexibility index (Phi) is 3.47. The van der Waals surface area contributed by atoms with E-state index in [4.69, 9.17) is 10.2 Å². The third kappa shape index (κ3) is 1.96. The molecule has 0 bridgehead atoms. The molecule has 1 heterocycles. The van der Waals surface area contributed by atoms with Gasteiger partial charge in [-0.05, 0) is 49.8 Å². The van der Waals surface area contributed by atoms with Gasteiger partial charge in [0.25, 0.3) is 0 Å². The molecule has 2 N–H and O–H groups in total. The van der Waals surface area contributed by atoms with E-state index >= 15 is 0 Å². The average Bonchev–Trinajstić information content (AvgIpc) is 3.00. The SMILES string of the molecule is Cc1ccc(C2C3CCCC=C3C(C#N)=C(N)C2(C#N)C#N)o1. The van der Waals surface area contributed by atoms with Gasteiger partial charge in [-0.1, -0.05) is 6.08 Å². The largest absolute Gasteiger partial charge is 0.466 e. The second-order valence-electron chi connectivity index (χ2n) is 6.06. The molecule has 0 fully saturated rings. The molecule has 0 radical (unpaired) electrons. The summed E-state index contributed by atoms with van der Waals surface area (Å²) in [5.74, 6) is 0.716. The van der Waals surface area contributed by atoms with Gasteiger partial charge < -0.3 is 10.2 Å². The number of fused-ring (bicyclic) bond motifs is 1. The lowest BCUT2D eigenvalue weighted by atomic mass is 9.58. The van der Waals surface area contributed by atoms with E-state index < -0.39 is 11.3 Å². The zero-order valence-corrected chi connectivity index (χ0v) is 12.8. The molecule has 1 aromatic rings. The molecule has 3 rings (SSSR count). The van der Waals surface area contributed by atoms with Crippen LogP contribution >= 0.6 is 0 Å². The summed E-state index contributed by atoms with van der Waals surface area (Å²) in [5, 5.41) is 29.1. The first-order valence-corrected chi connectivity index (χ1v) is 7.58. The minimum absolute atomic E-state index is 0.0495. The van der Waals surface area contributed by atoms with Gasteiger partial charge in [0.1, 0.15) is 17.6 Å². The second-order valence-corrected chi connectivity index (χ2v) is 6.06. The monoisotopic (exact) mass is 304 g/mol. The number of nitrogens with two attached hydrogens (primary N) is 1. The first-order valence-electron chi connectivity index (χ1n) is 7.58. The normalized spacial score (nSPS) is 25.6. The van der Waals surface area contributed by atoms with Gasteiger partial charge in [-0.2, -0.15) is 15.8 Å². The highest BCUT2D eigenvalue weighted by molar-refractivity contribution is 5.58. The van der Waals surface area contributed by atoms with Crippen LogP contribution in [0, 0.1) is 52.2 Å². The fourth-order valence-electron chi connectivity index (χ4n) is 3.80. The van der Waals surface area contributed by atoms with Crippen LogP contribution in [0.5, 0.6) is 0 Å². The molecule has 2 atom stereocenters. The Hall–Kier alpha value is -2.97. The highest BCUT2D eigenvalue weighted by Gasteiger charge is 2.55. The summed E-state index contributed by atoms with van der Waals surface area (Å²) in [6.07, 6.45) is 4.65. The molecule has 2 aliphatic rings. The third-order valence-corrected chi connectivity index (χ3v) is 4.87. The van der Waals surface area contributed by atoms with Crippen LogP contribution in [0.3, 0.4) is 0 Å². The predicted octanol–water partition coefficient (Wildman–Crippen LogP) is 3.18. The molecule has 0 saturated carbocycles. The summed E-state index contributed by atoms with van der Waals surface area (Å²) in [6.45, 7) is 1.82. The first-order chi connectivity index (χ1) is 11.1. The molecule has 0 spiro atoms. The van der Waals surface area contributed by atoms with Crippen molar-refractivity contribution in [1.82, 2.24) is 0 Å². The molecule has 23 heavy (non-hydrogen) atoms. The lowest BCUT2D eigenvalue weighted by Gasteiger charge is -2.42. The number of hydrogen-bond acceptors (Lipinski definition) is 5. The Bertz CT molecular complexity index is 824. The number of nitriles is 3. The van der Waals surface area contributed by atoms with Crippen molar-refractivity contribution in [2.75, 3.05) is 0 Å². The second kappa shape index (κ2) is 5.34. The number of furan rings is 1. The fraction of sp³-hybridized carbons (Fsp3) is 0.389. The van der Waals surface area contributed by atoms with Crippen LogP contribution in [0.25, 0.3) is 0 Å². The van der Waals surface area contributed by atoms with Gasteiger partial charge in [-0.3, -0.25) is 0 Å². The molecule has 2 unspecified atom stereocenters. The Morgan fingerprint density at radius 2 is 2.00 bits per heavy atom. The van der Waals surface area contributed by atoms with Gasteiger partial charge in [0.15, 0.2) is 5.41 Å². The summed E-state index contributed by atoms with van der Waals surface area (Å²) in [7, 11) is 0.